The van der Waals surface area contributed by atoms with E-state index in [9.17, 15) is 0 Å². The van der Waals surface area contributed by atoms with Gasteiger partial charge in [-0.15, -0.1) is 0 Å². The van der Waals surface area contributed by atoms with Crippen LogP contribution in [0.1, 0.15) is 55.4 Å². The Morgan fingerprint density at radius 1 is 1.32 bits per heavy atom. The number of hydrogen-bond acceptors (Lipinski definition) is 3. The van der Waals surface area contributed by atoms with Gasteiger partial charge < -0.3 is 4.74 Å². The zero-order chi connectivity index (χ0) is 14.8. The van der Waals surface area contributed by atoms with Gasteiger partial charge in [-0.2, -0.15) is 0 Å². The number of ether oxygens (including phenoxy) is 1. The lowest BCUT2D eigenvalue weighted by atomic mass is 9.98. The van der Waals surface area contributed by atoms with E-state index >= 15 is 0 Å². The minimum Gasteiger partial charge on any atom is -0.361 e. The van der Waals surface area contributed by atoms with Gasteiger partial charge in [-0.1, -0.05) is 27.7 Å². The Morgan fingerprint density at radius 2 is 1.89 bits per heavy atom. The van der Waals surface area contributed by atoms with Gasteiger partial charge in [0.25, 0.3) is 0 Å². The maximum atomic E-state index is 5.99. The molecule has 0 unspecified atom stereocenters. The van der Waals surface area contributed by atoms with Crippen LogP contribution in [0.25, 0.3) is 0 Å². The van der Waals surface area contributed by atoms with Crippen molar-refractivity contribution in [2.75, 3.05) is 13.2 Å². The fraction of sp³-hybridized carbons (Fsp3) is 0.938. The van der Waals surface area contributed by atoms with Crippen LogP contribution in [0.3, 0.4) is 0 Å². The normalized spacial score (nSPS) is 25.1. The van der Waals surface area contributed by atoms with E-state index in [-0.39, 0.29) is 17.3 Å². The maximum absolute atomic E-state index is 5.99. The molecular weight excluding hydrogens is 236 g/mol. The third-order valence-corrected chi connectivity index (χ3v) is 3.54. The largest absolute Gasteiger partial charge is 0.361 e. The van der Waals surface area contributed by atoms with Crippen molar-refractivity contribution < 1.29 is 4.74 Å². The van der Waals surface area contributed by atoms with E-state index in [2.05, 4.69) is 66.5 Å². The van der Waals surface area contributed by atoms with Crippen molar-refractivity contribution >= 4 is 6.21 Å². The van der Waals surface area contributed by atoms with Crippen molar-refractivity contribution in [1.82, 2.24) is 4.90 Å². The van der Waals surface area contributed by atoms with Crippen LogP contribution in [0.2, 0.25) is 0 Å². The van der Waals surface area contributed by atoms with Gasteiger partial charge in [-0.25, -0.2) is 0 Å². The molecule has 1 saturated heterocycles. The summed E-state index contributed by atoms with van der Waals surface area (Å²) in [5.74, 6) is 1.01. The van der Waals surface area contributed by atoms with Crippen LogP contribution in [0.15, 0.2) is 4.99 Å². The van der Waals surface area contributed by atoms with Crippen molar-refractivity contribution in [3.05, 3.63) is 0 Å². The molecule has 0 amide bonds. The molecule has 3 heteroatoms. The van der Waals surface area contributed by atoms with Crippen LogP contribution in [-0.4, -0.2) is 41.6 Å². The molecule has 0 N–H and O–H groups in total. The van der Waals surface area contributed by atoms with Crippen molar-refractivity contribution in [3.63, 3.8) is 0 Å². The second-order valence-electron chi connectivity index (χ2n) is 7.72. The first-order valence-corrected chi connectivity index (χ1v) is 7.49. The van der Waals surface area contributed by atoms with E-state index in [0.29, 0.717) is 11.8 Å². The standard InChI is InChI=1S/C16H32N2O/c1-12(2)9-17-15(5,6)10-18-14(13(3)4)19-11-16(18,7)8/h9,12-14H,10-11H2,1-8H3/t14-/m0/s1. The first-order chi connectivity index (χ1) is 8.55. The molecule has 0 aromatic heterocycles. The predicted molar refractivity (Wildman–Crippen MR) is 82.8 cm³/mol. The Kier molecular flexibility index (Phi) is 5.19. The molecule has 1 aliphatic heterocycles. The SMILES string of the molecule is CC(C)C=NC(C)(C)CN1[C@H](C(C)C)OCC1(C)C. The van der Waals surface area contributed by atoms with E-state index in [0.717, 1.165) is 13.2 Å². The van der Waals surface area contributed by atoms with E-state index < -0.39 is 0 Å². The van der Waals surface area contributed by atoms with Gasteiger partial charge in [0.2, 0.25) is 0 Å². The highest BCUT2D eigenvalue weighted by Gasteiger charge is 2.43. The summed E-state index contributed by atoms with van der Waals surface area (Å²) in [6.45, 7) is 19.5. The zero-order valence-electron chi connectivity index (χ0n) is 14.0. The van der Waals surface area contributed by atoms with E-state index in [1.165, 1.54) is 0 Å². The lowest BCUT2D eigenvalue weighted by Crippen LogP contribution is -2.51. The third-order valence-electron chi connectivity index (χ3n) is 3.54. The molecule has 0 radical (unpaired) electrons. The lowest BCUT2D eigenvalue weighted by molar-refractivity contribution is -0.0179. The second kappa shape index (κ2) is 5.92. The fourth-order valence-electron chi connectivity index (χ4n) is 2.47. The smallest absolute Gasteiger partial charge is 0.113 e. The van der Waals surface area contributed by atoms with E-state index in [1.54, 1.807) is 0 Å². The zero-order valence-corrected chi connectivity index (χ0v) is 14.0. The summed E-state index contributed by atoms with van der Waals surface area (Å²) >= 11 is 0. The van der Waals surface area contributed by atoms with Crippen LogP contribution < -0.4 is 0 Å². The molecule has 1 fully saturated rings. The summed E-state index contributed by atoms with van der Waals surface area (Å²) in [7, 11) is 0. The van der Waals surface area contributed by atoms with Crippen LogP contribution in [-0.2, 0) is 4.74 Å². The van der Waals surface area contributed by atoms with Crippen LogP contribution in [0, 0.1) is 11.8 Å². The van der Waals surface area contributed by atoms with Gasteiger partial charge in [0.15, 0.2) is 0 Å². The Bertz CT molecular complexity index is 319. The average Bonchev–Trinajstić information content (AvgIpc) is 2.52. The molecular formula is C16H32N2O. The highest BCUT2D eigenvalue weighted by atomic mass is 16.5. The fourth-order valence-corrected chi connectivity index (χ4v) is 2.47. The lowest BCUT2D eigenvalue weighted by Gasteiger charge is -2.39. The first-order valence-electron chi connectivity index (χ1n) is 7.49. The molecule has 1 aliphatic rings. The van der Waals surface area contributed by atoms with Gasteiger partial charge in [0, 0.05) is 18.3 Å². The Labute approximate surface area is 119 Å². The summed E-state index contributed by atoms with van der Waals surface area (Å²) in [5.41, 5.74) is 0.0297. The molecule has 112 valence electrons. The Hall–Kier alpha value is -0.410. The molecule has 0 saturated carbocycles. The minimum atomic E-state index is -0.0671. The molecule has 0 aromatic rings. The topological polar surface area (TPSA) is 24.8 Å². The molecule has 1 atom stereocenters. The number of nitrogens with zero attached hydrogens (tertiary/aromatic N) is 2. The number of hydrogen-bond donors (Lipinski definition) is 0. The molecule has 3 nitrogen and oxygen atoms in total. The van der Waals surface area contributed by atoms with Crippen molar-refractivity contribution in [2.24, 2.45) is 16.8 Å². The summed E-state index contributed by atoms with van der Waals surface area (Å²) in [5, 5.41) is 0. The summed E-state index contributed by atoms with van der Waals surface area (Å²) < 4.78 is 5.99. The van der Waals surface area contributed by atoms with E-state index in [1.807, 2.05) is 0 Å². The second-order valence-corrected chi connectivity index (χ2v) is 7.72. The van der Waals surface area contributed by atoms with Crippen LogP contribution in [0.5, 0.6) is 0 Å². The Balaban J connectivity index is 2.81. The van der Waals surface area contributed by atoms with Crippen molar-refractivity contribution in [1.29, 1.82) is 0 Å². The third kappa shape index (κ3) is 4.57. The molecule has 0 aliphatic carbocycles. The molecule has 0 bridgehead atoms. The Morgan fingerprint density at radius 3 is 2.37 bits per heavy atom. The molecule has 0 aromatic carbocycles. The van der Waals surface area contributed by atoms with Gasteiger partial charge in [-0.05, 0) is 39.5 Å². The molecule has 0 spiro atoms. The highest BCUT2D eigenvalue weighted by Crippen LogP contribution is 2.32. The number of aliphatic imine (C=N–C) groups is 1. The van der Waals surface area contributed by atoms with Crippen LogP contribution in [0.4, 0.5) is 0 Å². The molecule has 19 heavy (non-hydrogen) atoms. The summed E-state index contributed by atoms with van der Waals surface area (Å²) in [6, 6.07) is 0. The average molecular weight is 268 g/mol. The summed E-state index contributed by atoms with van der Waals surface area (Å²) in [4.78, 5) is 7.24. The van der Waals surface area contributed by atoms with E-state index in [4.69, 9.17) is 9.73 Å². The minimum absolute atomic E-state index is 0.0671. The van der Waals surface area contributed by atoms with Crippen LogP contribution >= 0.6 is 0 Å². The quantitative estimate of drug-likeness (QED) is 0.712. The number of rotatable bonds is 5. The van der Waals surface area contributed by atoms with Gasteiger partial charge in [-0.3, -0.25) is 9.89 Å². The monoisotopic (exact) mass is 268 g/mol. The maximum Gasteiger partial charge on any atom is 0.113 e. The first kappa shape index (κ1) is 16.6. The molecule has 1 rings (SSSR count). The van der Waals surface area contributed by atoms with Gasteiger partial charge >= 0.3 is 0 Å². The highest BCUT2D eigenvalue weighted by molar-refractivity contribution is 5.60. The van der Waals surface area contributed by atoms with Gasteiger partial charge in [0.1, 0.15) is 6.23 Å². The molecule has 1 heterocycles. The summed E-state index contributed by atoms with van der Waals surface area (Å²) in [6.07, 6.45) is 2.28. The predicted octanol–water partition coefficient (Wildman–Crippen LogP) is 3.58. The van der Waals surface area contributed by atoms with Gasteiger partial charge in [0.05, 0.1) is 12.1 Å². The van der Waals surface area contributed by atoms with Crippen molar-refractivity contribution in [3.8, 4) is 0 Å². The van der Waals surface area contributed by atoms with Crippen molar-refractivity contribution in [2.45, 2.75) is 72.7 Å².